The van der Waals surface area contributed by atoms with Crippen LogP contribution in [0.2, 0.25) is 0 Å². The van der Waals surface area contributed by atoms with E-state index in [1.165, 1.54) is 6.08 Å². The Hall–Kier alpha value is -1.56. The second-order valence-corrected chi connectivity index (χ2v) is 4.53. The highest BCUT2D eigenvalue weighted by Crippen LogP contribution is 2.13. The van der Waals surface area contributed by atoms with Crippen LogP contribution < -0.4 is 5.32 Å². The normalized spacial score (nSPS) is 20.7. The number of urea groups is 1. The van der Waals surface area contributed by atoms with Crippen LogP contribution in [0.15, 0.2) is 12.7 Å². The fraction of sp³-hybridized carbons (Fsp3) is 0.692. The highest BCUT2D eigenvalue weighted by atomic mass is 16.5. The van der Waals surface area contributed by atoms with E-state index < -0.39 is 12.0 Å². The first kappa shape index (κ1) is 15.5. The third-order valence-corrected chi connectivity index (χ3v) is 3.07. The average Bonchev–Trinajstić information content (AvgIpc) is 2.38. The van der Waals surface area contributed by atoms with Crippen LogP contribution in [-0.4, -0.2) is 53.8 Å². The van der Waals surface area contributed by atoms with Crippen molar-refractivity contribution in [3.05, 3.63) is 12.7 Å². The van der Waals surface area contributed by atoms with Crippen molar-refractivity contribution in [2.75, 3.05) is 19.7 Å². The molecule has 1 fully saturated rings. The van der Waals surface area contributed by atoms with Gasteiger partial charge in [0, 0.05) is 19.7 Å². The van der Waals surface area contributed by atoms with E-state index in [2.05, 4.69) is 11.9 Å². The fourth-order valence-corrected chi connectivity index (χ4v) is 2.12. The summed E-state index contributed by atoms with van der Waals surface area (Å²) in [5.41, 5.74) is 0. The third kappa shape index (κ3) is 4.90. The van der Waals surface area contributed by atoms with Crippen LogP contribution in [0, 0.1) is 0 Å². The van der Waals surface area contributed by atoms with Crippen molar-refractivity contribution >= 4 is 12.0 Å². The molecule has 6 heteroatoms. The number of likely N-dealkylation sites (tertiary alicyclic amines) is 1. The highest BCUT2D eigenvalue weighted by molar-refractivity contribution is 5.82. The molecule has 2 amide bonds. The van der Waals surface area contributed by atoms with Crippen molar-refractivity contribution in [3.63, 3.8) is 0 Å². The number of carboxylic acids is 1. The summed E-state index contributed by atoms with van der Waals surface area (Å²) in [5.74, 6) is -1.05. The van der Waals surface area contributed by atoms with Crippen LogP contribution in [0.4, 0.5) is 4.79 Å². The molecule has 1 saturated heterocycles. The lowest BCUT2D eigenvalue weighted by Gasteiger charge is -2.33. The Morgan fingerprint density at radius 1 is 1.63 bits per heavy atom. The molecular formula is C13H22N2O4. The lowest BCUT2D eigenvalue weighted by atomic mass is 10.1. The number of amides is 2. The van der Waals surface area contributed by atoms with Crippen LogP contribution >= 0.6 is 0 Å². The molecule has 2 atom stereocenters. The van der Waals surface area contributed by atoms with Crippen molar-refractivity contribution < 1.29 is 19.4 Å². The molecule has 1 heterocycles. The molecule has 0 bridgehead atoms. The minimum absolute atomic E-state index is 0.0483. The van der Waals surface area contributed by atoms with Crippen molar-refractivity contribution in [1.82, 2.24) is 10.2 Å². The van der Waals surface area contributed by atoms with Crippen LogP contribution in [0.3, 0.4) is 0 Å². The minimum atomic E-state index is -1.05. The van der Waals surface area contributed by atoms with Gasteiger partial charge in [-0.05, 0) is 26.2 Å². The number of carbonyl (C=O) groups is 2. The summed E-state index contributed by atoms with van der Waals surface area (Å²) in [4.78, 5) is 24.6. The number of ether oxygens (including phenoxy) is 1. The second-order valence-electron chi connectivity index (χ2n) is 4.53. The maximum Gasteiger partial charge on any atom is 0.326 e. The topological polar surface area (TPSA) is 78.9 Å². The van der Waals surface area contributed by atoms with Crippen LogP contribution in [0.5, 0.6) is 0 Å². The number of nitrogens with zero attached hydrogens (tertiary/aromatic N) is 1. The van der Waals surface area contributed by atoms with E-state index in [0.717, 1.165) is 12.8 Å². The maximum atomic E-state index is 12.0. The molecular weight excluding hydrogens is 248 g/mol. The second kappa shape index (κ2) is 7.78. The Labute approximate surface area is 113 Å². The molecule has 6 nitrogen and oxygen atoms in total. The van der Waals surface area contributed by atoms with Crippen molar-refractivity contribution in [2.24, 2.45) is 0 Å². The Bertz CT molecular complexity index is 331. The van der Waals surface area contributed by atoms with E-state index in [-0.39, 0.29) is 18.6 Å². The Kier molecular flexibility index (Phi) is 6.35. The molecule has 19 heavy (non-hydrogen) atoms. The zero-order valence-corrected chi connectivity index (χ0v) is 11.3. The number of carbonyl (C=O) groups excluding carboxylic acids is 1. The van der Waals surface area contributed by atoms with Crippen molar-refractivity contribution in [3.8, 4) is 0 Å². The van der Waals surface area contributed by atoms with E-state index in [0.29, 0.717) is 19.7 Å². The summed E-state index contributed by atoms with van der Waals surface area (Å²) in [6.07, 6.45) is 3.55. The predicted molar refractivity (Wildman–Crippen MR) is 71.0 cm³/mol. The zero-order chi connectivity index (χ0) is 14.3. The minimum Gasteiger partial charge on any atom is -0.480 e. The van der Waals surface area contributed by atoms with Gasteiger partial charge in [0.15, 0.2) is 0 Å². The third-order valence-electron chi connectivity index (χ3n) is 3.07. The molecule has 2 N–H and O–H groups in total. The van der Waals surface area contributed by atoms with E-state index in [9.17, 15) is 9.59 Å². The van der Waals surface area contributed by atoms with Gasteiger partial charge >= 0.3 is 12.0 Å². The number of carboxylic acid groups (broad SMARTS) is 1. The van der Waals surface area contributed by atoms with Gasteiger partial charge in [0.2, 0.25) is 0 Å². The van der Waals surface area contributed by atoms with E-state index in [1.807, 2.05) is 6.92 Å². The largest absolute Gasteiger partial charge is 0.480 e. The summed E-state index contributed by atoms with van der Waals surface area (Å²) in [7, 11) is 0. The van der Waals surface area contributed by atoms with Gasteiger partial charge in [-0.15, -0.1) is 6.58 Å². The first-order valence-electron chi connectivity index (χ1n) is 6.59. The molecule has 0 aliphatic carbocycles. The lowest BCUT2D eigenvalue weighted by molar-refractivity contribution is -0.139. The molecule has 0 aromatic carbocycles. The Morgan fingerprint density at radius 2 is 2.37 bits per heavy atom. The standard InChI is InChI=1S/C13H22N2O4/c1-3-6-11(12(16)17)14-13(18)15-8-5-7-10(9-15)19-4-2/h3,10-11H,1,4-9H2,2H3,(H,14,18)(H,16,17). The van der Waals surface area contributed by atoms with Crippen molar-refractivity contribution in [1.29, 1.82) is 0 Å². The van der Waals surface area contributed by atoms with Crippen molar-refractivity contribution in [2.45, 2.75) is 38.3 Å². The van der Waals surface area contributed by atoms with Gasteiger partial charge in [0.05, 0.1) is 6.10 Å². The number of hydrogen-bond donors (Lipinski definition) is 2. The van der Waals surface area contributed by atoms with Gasteiger partial charge < -0.3 is 20.1 Å². The van der Waals surface area contributed by atoms with Gasteiger partial charge in [-0.25, -0.2) is 9.59 Å². The Balaban J connectivity index is 2.51. The first-order chi connectivity index (χ1) is 9.08. The summed E-state index contributed by atoms with van der Waals surface area (Å²) in [6.45, 7) is 7.18. The summed E-state index contributed by atoms with van der Waals surface area (Å²) in [5, 5.41) is 11.5. The zero-order valence-electron chi connectivity index (χ0n) is 11.3. The molecule has 0 saturated carbocycles. The van der Waals surface area contributed by atoms with Crippen LogP contribution in [0.25, 0.3) is 0 Å². The molecule has 1 aliphatic heterocycles. The quantitative estimate of drug-likeness (QED) is 0.711. The number of aliphatic carboxylic acids is 1. The molecule has 0 spiro atoms. The molecule has 0 radical (unpaired) electrons. The van der Waals surface area contributed by atoms with Gasteiger partial charge in [0.25, 0.3) is 0 Å². The summed E-state index contributed by atoms with van der Waals surface area (Å²) < 4.78 is 5.51. The molecule has 2 unspecified atom stereocenters. The molecule has 0 aromatic rings. The molecule has 108 valence electrons. The smallest absolute Gasteiger partial charge is 0.326 e. The maximum absolute atomic E-state index is 12.0. The number of piperidine rings is 1. The number of hydrogen-bond acceptors (Lipinski definition) is 3. The molecule has 1 rings (SSSR count). The lowest BCUT2D eigenvalue weighted by Crippen LogP contribution is -2.52. The number of rotatable bonds is 6. The van der Waals surface area contributed by atoms with Gasteiger partial charge in [0.1, 0.15) is 6.04 Å². The molecule has 0 aromatic heterocycles. The van der Waals surface area contributed by atoms with Gasteiger partial charge in [-0.3, -0.25) is 0 Å². The van der Waals surface area contributed by atoms with Gasteiger partial charge in [-0.2, -0.15) is 0 Å². The van der Waals surface area contributed by atoms with E-state index in [4.69, 9.17) is 9.84 Å². The van der Waals surface area contributed by atoms with Crippen LogP contribution in [-0.2, 0) is 9.53 Å². The monoisotopic (exact) mass is 270 g/mol. The van der Waals surface area contributed by atoms with Crippen LogP contribution in [0.1, 0.15) is 26.2 Å². The number of nitrogens with one attached hydrogen (secondary N) is 1. The average molecular weight is 270 g/mol. The molecule has 1 aliphatic rings. The predicted octanol–water partition coefficient (Wildman–Crippen LogP) is 1.23. The first-order valence-corrected chi connectivity index (χ1v) is 6.59. The Morgan fingerprint density at radius 3 is 2.95 bits per heavy atom. The van der Waals surface area contributed by atoms with Gasteiger partial charge in [-0.1, -0.05) is 6.08 Å². The summed E-state index contributed by atoms with van der Waals surface area (Å²) >= 11 is 0. The SMILES string of the molecule is C=CCC(NC(=O)N1CCCC(OCC)C1)C(=O)O. The van der Waals surface area contributed by atoms with E-state index in [1.54, 1.807) is 4.90 Å². The fourth-order valence-electron chi connectivity index (χ4n) is 2.12. The van der Waals surface area contributed by atoms with E-state index >= 15 is 0 Å². The summed E-state index contributed by atoms with van der Waals surface area (Å²) in [6, 6.07) is -1.27. The highest BCUT2D eigenvalue weighted by Gasteiger charge is 2.26.